The maximum Gasteiger partial charge on any atom is 0.227 e. The van der Waals surface area contributed by atoms with E-state index in [1.165, 1.54) is 0 Å². The number of carbonyl (C=O) groups excluding carboxylic acids is 1. The largest absolute Gasteiger partial charge is 0.351 e. The lowest BCUT2D eigenvalue weighted by Crippen LogP contribution is -2.47. The van der Waals surface area contributed by atoms with Gasteiger partial charge in [-0.1, -0.05) is 13.3 Å². The molecule has 1 aromatic heterocycles. The van der Waals surface area contributed by atoms with E-state index in [1.54, 1.807) is 6.20 Å². The highest BCUT2D eigenvalue weighted by molar-refractivity contribution is 5.83. The van der Waals surface area contributed by atoms with Gasteiger partial charge in [0.25, 0.3) is 0 Å². The van der Waals surface area contributed by atoms with Crippen molar-refractivity contribution in [1.82, 2.24) is 20.4 Å². The van der Waals surface area contributed by atoms with E-state index in [1.807, 2.05) is 23.9 Å². The van der Waals surface area contributed by atoms with E-state index in [9.17, 15) is 4.79 Å². The van der Waals surface area contributed by atoms with Gasteiger partial charge in [-0.2, -0.15) is 5.10 Å². The molecule has 0 saturated carbocycles. The van der Waals surface area contributed by atoms with Gasteiger partial charge in [0.05, 0.1) is 12.0 Å². The topological polar surface area (TPSA) is 59.0 Å². The lowest BCUT2D eigenvalue weighted by molar-refractivity contribution is -0.131. The Morgan fingerprint density at radius 2 is 2.47 bits per heavy atom. The number of nitrogens with one attached hydrogen (secondary N) is 2. The van der Waals surface area contributed by atoms with Crippen molar-refractivity contribution >= 4 is 5.91 Å². The van der Waals surface area contributed by atoms with Crippen molar-refractivity contribution in [2.45, 2.75) is 45.7 Å². The number of rotatable bonds is 6. The first-order valence-corrected chi connectivity index (χ1v) is 7.15. The van der Waals surface area contributed by atoms with Gasteiger partial charge in [0.1, 0.15) is 0 Å². The molecule has 2 unspecified atom stereocenters. The van der Waals surface area contributed by atoms with E-state index in [-0.39, 0.29) is 17.4 Å². The fraction of sp³-hybridized carbons (Fsp3) is 0.714. The Labute approximate surface area is 114 Å². The van der Waals surface area contributed by atoms with Gasteiger partial charge in [-0.05, 0) is 32.4 Å². The van der Waals surface area contributed by atoms with Crippen LogP contribution in [-0.4, -0.2) is 34.8 Å². The molecule has 1 amide bonds. The van der Waals surface area contributed by atoms with Crippen molar-refractivity contribution in [3.63, 3.8) is 0 Å². The minimum Gasteiger partial charge on any atom is -0.351 e. The zero-order valence-corrected chi connectivity index (χ0v) is 11.9. The smallest absolute Gasteiger partial charge is 0.227 e. The molecule has 0 bridgehead atoms. The second-order valence-electron chi connectivity index (χ2n) is 5.56. The zero-order valence-electron chi connectivity index (χ0n) is 11.9. The van der Waals surface area contributed by atoms with Crippen molar-refractivity contribution in [3.05, 3.63) is 18.5 Å². The van der Waals surface area contributed by atoms with Crippen molar-refractivity contribution in [1.29, 1.82) is 0 Å². The predicted molar refractivity (Wildman–Crippen MR) is 74.7 cm³/mol. The van der Waals surface area contributed by atoms with E-state index in [2.05, 4.69) is 22.7 Å². The maximum absolute atomic E-state index is 12.5. The number of aromatic nitrogens is 2. The van der Waals surface area contributed by atoms with Crippen LogP contribution in [0.2, 0.25) is 0 Å². The standard InChI is InChI=1S/C14H24N4O/c1-3-5-14(6-8-15-11-14)13(19)17-12(2)10-18-9-4-7-16-18/h4,7,9,12,15H,3,5-6,8,10-11H2,1-2H3,(H,17,19). The van der Waals surface area contributed by atoms with Crippen LogP contribution >= 0.6 is 0 Å². The molecule has 0 aliphatic carbocycles. The van der Waals surface area contributed by atoms with Gasteiger partial charge in [-0.3, -0.25) is 9.48 Å². The third-order valence-electron chi connectivity index (χ3n) is 3.85. The van der Waals surface area contributed by atoms with E-state index in [4.69, 9.17) is 0 Å². The summed E-state index contributed by atoms with van der Waals surface area (Å²) in [6.45, 7) is 6.64. The first kappa shape index (κ1) is 14.1. The summed E-state index contributed by atoms with van der Waals surface area (Å²) in [4.78, 5) is 12.5. The molecule has 1 saturated heterocycles. The Balaban J connectivity index is 1.91. The van der Waals surface area contributed by atoms with Gasteiger partial charge in [-0.25, -0.2) is 0 Å². The summed E-state index contributed by atoms with van der Waals surface area (Å²) in [6.07, 6.45) is 6.62. The van der Waals surface area contributed by atoms with Gasteiger partial charge >= 0.3 is 0 Å². The molecule has 0 spiro atoms. The van der Waals surface area contributed by atoms with Crippen LogP contribution in [0.4, 0.5) is 0 Å². The summed E-state index contributed by atoms with van der Waals surface area (Å²) >= 11 is 0. The van der Waals surface area contributed by atoms with Crippen molar-refractivity contribution in [2.75, 3.05) is 13.1 Å². The third-order valence-corrected chi connectivity index (χ3v) is 3.85. The minimum absolute atomic E-state index is 0.0988. The maximum atomic E-state index is 12.5. The van der Waals surface area contributed by atoms with Crippen LogP contribution < -0.4 is 10.6 Å². The molecule has 0 radical (unpaired) electrons. The zero-order chi connectivity index (χ0) is 13.7. The summed E-state index contributed by atoms with van der Waals surface area (Å²) in [5.41, 5.74) is -0.201. The molecule has 2 atom stereocenters. The number of hydrogen-bond donors (Lipinski definition) is 2. The van der Waals surface area contributed by atoms with E-state index in [0.29, 0.717) is 6.54 Å². The molecule has 5 heteroatoms. The Morgan fingerprint density at radius 1 is 1.63 bits per heavy atom. The van der Waals surface area contributed by atoms with Crippen LogP contribution in [0.5, 0.6) is 0 Å². The lowest BCUT2D eigenvalue weighted by Gasteiger charge is -2.28. The summed E-state index contributed by atoms with van der Waals surface area (Å²) in [5.74, 6) is 0.194. The highest BCUT2D eigenvalue weighted by Gasteiger charge is 2.40. The van der Waals surface area contributed by atoms with Crippen LogP contribution in [0.1, 0.15) is 33.1 Å². The molecule has 1 aromatic rings. The lowest BCUT2D eigenvalue weighted by atomic mass is 9.81. The highest BCUT2D eigenvalue weighted by atomic mass is 16.2. The van der Waals surface area contributed by atoms with Crippen LogP contribution in [0.3, 0.4) is 0 Å². The monoisotopic (exact) mass is 264 g/mol. The van der Waals surface area contributed by atoms with E-state index in [0.717, 1.165) is 32.4 Å². The molecule has 0 aromatic carbocycles. The average molecular weight is 264 g/mol. The van der Waals surface area contributed by atoms with Crippen LogP contribution in [0, 0.1) is 5.41 Å². The molecule has 1 aliphatic heterocycles. The summed E-state index contributed by atoms with van der Waals surface area (Å²) < 4.78 is 1.85. The number of carbonyl (C=O) groups is 1. The van der Waals surface area contributed by atoms with Crippen molar-refractivity contribution in [3.8, 4) is 0 Å². The summed E-state index contributed by atoms with van der Waals surface area (Å²) in [7, 11) is 0. The molecule has 19 heavy (non-hydrogen) atoms. The van der Waals surface area contributed by atoms with Gasteiger partial charge in [-0.15, -0.1) is 0 Å². The fourth-order valence-electron chi connectivity index (χ4n) is 2.85. The molecule has 2 N–H and O–H groups in total. The number of amides is 1. The van der Waals surface area contributed by atoms with Crippen LogP contribution in [-0.2, 0) is 11.3 Å². The Kier molecular flexibility index (Phi) is 4.58. The minimum atomic E-state index is -0.201. The first-order chi connectivity index (χ1) is 9.16. The fourth-order valence-corrected chi connectivity index (χ4v) is 2.85. The van der Waals surface area contributed by atoms with Crippen molar-refractivity contribution < 1.29 is 4.79 Å². The molecule has 106 valence electrons. The van der Waals surface area contributed by atoms with Gasteiger partial charge < -0.3 is 10.6 Å². The van der Waals surface area contributed by atoms with Gasteiger partial charge in [0.2, 0.25) is 5.91 Å². The Bertz CT molecular complexity index is 396. The first-order valence-electron chi connectivity index (χ1n) is 7.15. The van der Waals surface area contributed by atoms with Crippen LogP contribution in [0.25, 0.3) is 0 Å². The van der Waals surface area contributed by atoms with Gasteiger partial charge in [0, 0.05) is 25.0 Å². The SMILES string of the molecule is CCCC1(C(=O)NC(C)Cn2cccn2)CCNC1. The molecular weight excluding hydrogens is 240 g/mol. The van der Waals surface area contributed by atoms with Gasteiger partial charge in [0.15, 0.2) is 0 Å². The number of hydrogen-bond acceptors (Lipinski definition) is 3. The Morgan fingerprint density at radius 3 is 3.05 bits per heavy atom. The number of nitrogens with zero attached hydrogens (tertiary/aromatic N) is 2. The third kappa shape index (κ3) is 3.35. The quantitative estimate of drug-likeness (QED) is 0.811. The second-order valence-corrected chi connectivity index (χ2v) is 5.56. The average Bonchev–Trinajstić information content (AvgIpc) is 3.01. The normalized spacial score (nSPS) is 24.3. The molecule has 2 rings (SSSR count). The Hall–Kier alpha value is -1.36. The van der Waals surface area contributed by atoms with E-state index < -0.39 is 0 Å². The predicted octanol–water partition coefficient (Wildman–Crippen LogP) is 1.17. The van der Waals surface area contributed by atoms with E-state index >= 15 is 0 Å². The molecule has 1 aliphatic rings. The second kappa shape index (κ2) is 6.19. The molecular formula is C14H24N4O. The summed E-state index contributed by atoms with van der Waals surface area (Å²) in [6, 6.07) is 2.00. The van der Waals surface area contributed by atoms with Crippen molar-refractivity contribution in [2.24, 2.45) is 5.41 Å². The molecule has 2 heterocycles. The highest BCUT2D eigenvalue weighted by Crippen LogP contribution is 2.31. The molecule has 5 nitrogen and oxygen atoms in total. The molecule has 1 fully saturated rings. The van der Waals surface area contributed by atoms with Crippen LogP contribution in [0.15, 0.2) is 18.5 Å². The summed E-state index contributed by atoms with van der Waals surface area (Å²) in [5, 5.41) is 10.6.